The number of rotatable bonds is 6. The second-order valence-corrected chi connectivity index (χ2v) is 6.80. The van der Waals surface area contributed by atoms with E-state index in [1.165, 1.54) is 31.2 Å². The molecule has 1 aliphatic carbocycles. The molecule has 0 atom stereocenters. The van der Waals surface area contributed by atoms with Crippen LogP contribution in [0.4, 0.5) is 0 Å². The lowest BCUT2D eigenvalue weighted by Crippen LogP contribution is -2.44. The highest BCUT2D eigenvalue weighted by Crippen LogP contribution is 2.41. The molecule has 0 aliphatic heterocycles. The summed E-state index contributed by atoms with van der Waals surface area (Å²) in [6, 6.07) is 8.46. The molecule has 1 fully saturated rings. The Morgan fingerprint density at radius 2 is 2.12 bits per heavy atom. The standard InChI is InChI=1S/C19H28N6O/c1-20-18(21-12-17-23-14-24-25(17)2)22-13-19(9-4-5-10-19)15-7-6-8-16(11-15)26-3/h6-8,11,14H,4-5,9-10,12-13H2,1-3H3,(H2,20,21,22). The molecule has 0 radical (unpaired) electrons. The summed E-state index contributed by atoms with van der Waals surface area (Å²) in [7, 11) is 5.40. The second kappa shape index (κ2) is 8.21. The van der Waals surface area contributed by atoms with Crippen LogP contribution in [0.2, 0.25) is 0 Å². The number of hydrogen-bond donors (Lipinski definition) is 2. The van der Waals surface area contributed by atoms with Gasteiger partial charge in [0, 0.05) is 26.1 Å². The molecule has 1 aromatic heterocycles. The second-order valence-electron chi connectivity index (χ2n) is 6.80. The van der Waals surface area contributed by atoms with Gasteiger partial charge in [0.25, 0.3) is 0 Å². The molecule has 1 heterocycles. The largest absolute Gasteiger partial charge is 0.497 e. The first-order valence-electron chi connectivity index (χ1n) is 9.09. The topological polar surface area (TPSA) is 76.4 Å². The van der Waals surface area contributed by atoms with E-state index in [1.807, 2.05) is 13.1 Å². The summed E-state index contributed by atoms with van der Waals surface area (Å²) in [6.07, 6.45) is 6.41. The Bertz CT molecular complexity index is 748. The Morgan fingerprint density at radius 1 is 1.31 bits per heavy atom. The number of nitrogens with zero attached hydrogens (tertiary/aromatic N) is 4. The summed E-state index contributed by atoms with van der Waals surface area (Å²) in [6.45, 7) is 1.43. The van der Waals surface area contributed by atoms with Gasteiger partial charge in [0.15, 0.2) is 5.96 Å². The van der Waals surface area contributed by atoms with Crippen LogP contribution in [0.25, 0.3) is 0 Å². The van der Waals surface area contributed by atoms with E-state index < -0.39 is 0 Å². The number of benzene rings is 1. The van der Waals surface area contributed by atoms with E-state index in [0.29, 0.717) is 6.54 Å². The predicted molar refractivity (Wildman–Crippen MR) is 102 cm³/mol. The van der Waals surface area contributed by atoms with Crippen molar-refractivity contribution in [3.05, 3.63) is 42.0 Å². The molecular weight excluding hydrogens is 328 g/mol. The molecule has 140 valence electrons. The quantitative estimate of drug-likeness (QED) is 0.612. The lowest BCUT2D eigenvalue weighted by molar-refractivity contribution is 0.404. The fraction of sp³-hybridized carbons (Fsp3) is 0.526. The van der Waals surface area contributed by atoms with Crippen LogP contribution in [0.1, 0.15) is 37.1 Å². The van der Waals surface area contributed by atoms with Crippen molar-refractivity contribution in [2.24, 2.45) is 12.0 Å². The Morgan fingerprint density at radius 3 is 2.77 bits per heavy atom. The van der Waals surface area contributed by atoms with E-state index >= 15 is 0 Å². The maximum absolute atomic E-state index is 5.43. The minimum atomic E-state index is 0.122. The molecule has 26 heavy (non-hydrogen) atoms. The molecular formula is C19H28N6O. The number of aryl methyl sites for hydroxylation is 1. The van der Waals surface area contributed by atoms with Gasteiger partial charge >= 0.3 is 0 Å². The van der Waals surface area contributed by atoms with Crippen LogP contribution >= 0.6 is 0 Å². The maximum atomic E-state index is 5.43. The van der Waals surface area contributed by atoms with Crippen molar-refractivity contribution < 1.29 is 4.74 Å². The zero-order chi connectivity index (χ0) is 18.4. The minimum Gasteiger partial charge on any atom is -0.497 e. The van der Waals surface area contributed by atoms with Crippen LogP contribution in [0, 0.1) is 0 Å². The van der Waals surface area contributed by atoms with Gasteiger partial charge in [-0.2, -0.15) is 5.10 Å². The highest BCUT2D eigenvalue weighted by molar-refractivity contribution is 5.79. The van der Waals surface area contributed by atoms with Crippen molar-refractivity contribution in [3.63, 3.8) is 0 Å². The monoisotopic (exact) mass is 356 g/mol. The Hall–Kier alpha value is -2.57. The first kappa shape index (κ1) is 18.2. The van der Waals surface area contributed by atoms with E-state index in [1.54, 1.807) is 25.2 Å². The molecule has 0 unspecified atom stereocenters. The van der Waals surface area contributed by atoms with Gasteiger partial charge in [0.1, 0.15) is 17.9 Å². The van der Waals surface area contributed by atoms with Crippen LogP contribution in [0.15, 0.2) is 35.6 Å². The molecule has 1 saturated carbocycles. The normalized spacial score (nSPS) is 16.5. The van der Waals surface area contributed by atoms with Gasteiger partial charge in [-0.15, -0.1) is 0 Å². The highest BCUT2D eigenvalue weighted by Gasteiger charge is 2.36. The summed E-state index contributed by atoms with van der Waals surface area (Å²) >= 11 is 0. The van der Waals surface area contributed by atoms with Gasteiger partial charge in [-0.25, -0.2) is 4.98 Å². The maximum Gasteiger partial charge on any atom is 0.191 e. The van der Waals surface area contributed by atoms with Gasteiger partial charge in [-0.3, -0.25) is 9.67 Å². The van der Waals surface area contributed by atoms with Crippen LogP contribution < -0.4 is 15.4 Å². The number of methoxy groups -OCH3 is 1. The summed E-state index contributed by atoms with van der Waals surface area (Å²) in [4.78, 5) is 8.58. The van der Waals surface area contributed by atoms with Crippen molar-refractivity contribution in [2.75, 3.05) is 20.7 Å². The molecule has 0 bridgehead atoms. The smallest absolute Gasteiger partial charge is 0.191 e. The number of aliphatic imine (C=N–C) groups is 1. The van der Waals surface area contributed by atoms with Crippen molar-refractivity contribution in [1.82, 2.24) is 25.4 Å². The van der Waals surface area contributed by atoms with Crippen molar-refractivity contribution >= 4 is 5.96 Å². The van der Waals surface area contributed by atoms with E-state index in [9.17, 15) is 0 Å². The molecule has 0 spiro atoms. The SMILES string of the molecule is CN=C(NCc1ncnn1C)NCC1(c2cccc(OC)c2)CCCC1. The number of guanidine groups is 1. The van der Waals surface area contributed by atoms with Gasteiger partial charge < -0.3 is 15.4 Å². The van der Waals surface area contributed by atoms with Gasteiger partial charge in [-0.05, 0) is 30.5 Å². The number of ether oxygens (including phenoxy) is 1. The predicted octanol–water partition coefficient (Wildman–Crippen LogP) is 2.00. The third kappa shape index (κ3) is 3.98. The zero-order valence-electron chi connectivity index (χ0n) is 15.8. The third-order valence-electron chi connectivity index (χ3n) is 5.28. The van der Waals surface area contributed by atoms with Crippen molar-refractivity contribution in [2.45, 2.75) is 37.6 Å². The van der Waals surface area contributed by atoms with E-state index in [2.05, 4.69) is 43.9 Å². The summed E-state index contributed by atoms with van der Waals surface area (Å²) in [5, 5.41) is 10.9. The average molecular weight is 356 g/mol. The summed E-state index contributed by atoms with van der Waals surface area (Å²) in [5.41, 5.74) is 1.46. The first-order chi connectivity index (χ1) is 12.7. The molecule has 3 rings (SSSR count). The van der Waals surface area contributed by atoms with E-state index in [0.717, 1.165) is 24.1 Å². The third-order valence-corrected chi connectivity index (χ3v) is 5.28. The fourth-order valence-electron chi connectivity index (χ4n) is 3.69. The molecule has 1 aliphatic rings. The minimum absolute atomic E-state index is 0.122. The molecule has 0 amide bonds. The molecule has 7 nitrogen and oxygen atoms in total. The fourth-order valence-corrected chi connectivity index (χ4v) is 3.69. The number of nitrogens with one attached hydrogen (secondary N) is 2. The van der Waals surface area contributed by atoms with E-state index in [4.69, 9.17) is 4.74 Å². The number of aromatic nitrogens is 3. The Balaban J connectivity index is 1.66. The van der Waals surface area contributed by atoms with Gasteiger partial charge in [-0.1, -0.05) is 25.0 Å². The average Bonchev–Trinajstić information content (AvgIpc) is 3.32. The lowest BCUT2D eigenvalue weighted by Gasteiger charge is -2.31. The molecule has 2 N–H and O–H groups in total. The number of hydrogen-bond acceptors (Lipinski definition) is 4. The van der Waals surface area contributed by atoms with Gasteiger partial charge in [0.05, 0.1) is 13.7 Å². The summed E-state index contributed by atoms with van der Waals surface area (Å²) < 4.78 is 7.18. The van der Waals surface area contributed by atoms with Crippen LogP contribution in [0.3, 0.4) is 0 Å². The van der Waals surface area contributed by atoms with E-state index in [-0.39, 0.29) is 5.41 Å². The zero-order valence-corrected chi connectivity index (χ0v) is 15.8. The molecule has 0 saturated heterocycles. The molecule has 1 aromatic carbocycles. The van der Waals surface area contributed by atoms with Crippen molar-refractivity contribution in [3.8, 4) is 5.75 Å². The van der Waals surface area contributed by atoms with Crippen LogP contribution in [-0.2, 0) is 19.0 Å². The highest BCUT2D eigenvalue weighted by atomic mass is 16.5. The van der Waals surface area contributed by atoms with Crippen molar-refractivity contribution in [1.29, 1.82) is 0 Å². The molecule has 7 heteroatoms. The van der Waals surface area contributed by atoms with Crippen LogP contribution in [-0.4, -0.2) is 41.4 Å². The summed E-state index contributed by atoms with van der Waals surface area (Å²) in [5.74, 6) is 2.57. The van der Waals surface area contributed by atoms with Crippen LogP contribution in [0.5, 0.6) is 5.75 Å². The Kier molecular flexibility index (Phi) is 5.75. The lowest BCUT2D eigenvalue weighted by atomic mass is 9.78. The first-order valence-corrected chi connectivity index (χ1v) is 9.09. The van der Waals surface area contributed by atoms with Gasteiger partial charge in [0.2, 0.25) is 0 Å². The molecule has 2 aromatic rings. The Labute approximate surface area is 154 Å².